The van der Waals surface area contributed by atoms with Crippen LogP contribution in [0.4, 0.5) is 0 Å². The zero-order chi connectivity index (χ0) is 21.7. The Kier molecular flexibility index (Phi) is 12.3. The second kappa shape index (κ2) is 13.6. The maximum Gasteiger partial charge on any atom is 0.346 e. The van der Waals surface area contributed by atoms with Crippen LogP contribution in [0, 0.1) is 22.7 Å². The second-order valence-corrected chi connectivity index (χ2v) is 6.98. The number of allylic oxidation sites excluding steroid dienone is 4. The monoisotopic (exact) mass is 424 g/mol. The van der Waals surface area contributed by atoms with Crippen LogP contribution in [0.25, 0.3) is 0 Å². The Balaban J connectivity index is 6.15. The molecule has 0 fully saturated rings. The third kappa shape index (κ3) is 7.59. The number of hydrogen-bond acceptors (Lipinski definition) is 10. The minimum absolute atomic E-state index is 0.0272. The van der Waals surface area contributed by atoms with Crippen molar-refractivity contribution in [3.63, 3.8) is 0 Å². The van der Waals surface area contributed by atoms with E-state index in [0.29, 0.717) is 12.8 Å². The van der Waals surface area contributed by atoms with Crippen molar-refractivity contribution in [2.24, 2.45) is 11.5 Å². The van der Waals surface area contributed by atoms with Gasteiger partial charge in [-0.15, -0.1) is 0 Å². The fourth-order valence-corrected chi connectivity index (χ4v) is 3.50. The average molecular weight is 425 g/mol. The number of hydrogen-bond donors (Lipinski definition) is 2. The molecule has 0 unspecified atom stereocenters. The molecule has 0 bridgehead atoms. The number of rotatable bonds is 10. The Bertz CT molecular complexity index is 709. The van der Waals surface area contributed by atoms with E-state index in [-0.39, 0.29) is 44.2 Å². The second-order valence-electron chi connectivity index (χ2n) is 4.94. The molecule has 0 aromatic carbocycles. The van der Waals surface area contributed by atoms with Crippen LogP contribution in [0.1, 0.15) is 40.5 Å². The van der Waals surface area contributed by atoms with Crippen LogP contribution in [-0.2, 0) is 19.1 Å². The first-order valence-electron chi connectivity index (χ1n) is 8.52. The molecule has 0 aliphatic rings. The normalized spacial score (nSPS) is 13.2. The summed E-state index contributed by atoms with van der Waals surface area (Å²) in [5.74, 6) is -1.37. The quantitative estimate of drug-likeness (QED) is 0.304. The van der Waals surface area contributed by atoms with E-state index >= 15 is 0 Å². The topological polar surface area (TPSA) is 152 Å². The number of ether oxygens (including phenoxy) is 2. The van der Waals surface area contributed by atoms with Gasteiger partial charge in [-0.2, -0.15) is 10.5 Å². The minimum atomic E-state index is -0.684. The molecular weight excluding hydrogens is 400 g/mol. The van der Waals surface area contributed by atoms with Crippen molar-refractivity contribution in [3.8, 4) is 12.1 Å². The summed E-state index contributed by atoms with van der Waals surface area (Å²) in [6, 6.07) is 3.76. The number of carbonyl (C=O) groups excluding carboxylic acids is 2. The minimum Gasteiger partial charge on any atom is -0.462 e. The standard InChI is InChI=1S/C18H24N4O4S2/c1-5-11(21)15(17(23)25-7-3)27-13(9-19)14(10-20)28-16(12(22)6-2)18(24)26-8-4/h5-8,21-22H2,1-4H3/b14-13-,15-11+,16-12+. The molecule has 0 spiro atoms. The van der Waals surface area contributed by atoms with E-state index in [9.17, 15) is 20.1 Å². The van der Waals surface area contributed by atoms with Gasteiger partial charge in [0.25, 0.3) is 0 Å². The van der Waals surface area contributed by atoms with Crippen LogP contribution >= 0.6 is 23.5 Å². The van der Waals surface area contributed by atoms with Gasteiger partial charge in [0.15, 0.2) is 0 Å². The Labute approximate surface area is 173 Å². The third-order valence-corrected chi connectivity index (χ3v) is 5.48. The highest BCUT2D eigenvalue weighted by Gasteiger charge is 2.23. The van der Waals surface area contributed by atoms with Gasteiger partial charge in [0.05, 0.1) is 13.2 Å². The average Bonchev–Trinajstić information content (AvgIpc) is 2.69. The first-order chi connectivity index (χ1) is 13.3. The van der Waals surface area contributed by atoms with E-state index in [0.717, 1.165) is 23.5 Å². The molecule has 152 valence electrons. The summed E-state index contributed by atoms with van der Waals surface area (Å²) in [5, 5.41) is 19.0. The number of nitrogens with two attached hydrogens (primary N) is 2. The Hall–Kier alpha value is -2.56. The van der Waals surface area contributed by atoms with Crippen molar-refractivity contribution >= 4 is 35.5 Å². The van der Waals surface area contributed by atoms with E-state index < -0.39 is 11.9 Å². The summed E-state index contributed by atoms with van der Waals surface area (Å²) in [7, 11) is 0. The molecule has 0 amide bonds. The van der Waals surface area contributed by atoms with Gasteiger partial charge in [-0.25, -0.2) is 9.59 Å². The molecule has 0 saturated carbocycles. The van der Waals surface area contributed by atoms with Crippen LogP contribution in [-0.4, -0.2) is 25.2 Å². The first kappa shape index (κ1) is 25.4. The van der Waals surface area contributed by atoms with Gasteiger partial charge >= 0.3 is 11.9 Å². The zero-order valence-electron chi connectivity index (χ0n) is 16.3. The van der Waals surface area contributed by atoms with Crippen molar-refractivity contribution in [2.75, 3.05) is 13.2 Å². The van der Waals surface area contributed by atoms with Crippen LogP contribution in [0.3, 0.4) is 0 Å². The maximum absolute atomic E-state index is 12.2. The van der Waals surface area contributed by atoms with Gasteiger partial charge < -0.3 is 20.9 Å². The number of esters is 2. The lowest BCUT2D eigenvalue weighted by atomic mass is 10.3. The fourth-order valence-electron chi connectivity index (χ4n) is 1.64. The highest BCUT2D eigenvalue weighted by molar-refractivity contribution is 8.11. The lowest BCUT2D eigenvalue weighted by Gasteiger charge is -2.12. The molecule has 10 heteroatoms. The van der Waals surface area contributed by atoms with Crippen molar-refractivity contribution in [3.05, 3.63) is 31.0 Å². The number of nitriles is 2. The highest BCUT2D eigenvalue weighted by atomic mass is 32.2. The van der Waals surface area contributed by atoms with Crippen LogP contribution in [0.5, 0.6) is 0 Å². The molecule has 8 nitrogen and oxygen atoms in total. The summed E-state index contributed by atoms with van der Waals surface area (Å²) >= 11 is 1.46. The van der Waals surface area contributed by atoms with Gasteiger partial charge in [-0.3, -0.25) is 0 Å². The maximum atomic E-state index is 12.2. The van der Waals surface area contributed by atoms with Crippen molar-refractivity contribution in [1.82, 2.24) is 0 Å². The van der Waals surface area contributed by atoms with Gasteiger partial charge in [0, 0.05) is 11.4 Å². The largest absolute Gasteiger partial charge is 0.462 e. The lowest BCUT2D eigenvalue weighted by Crippen LogP contribution is -2.13. The zero-order valence-corrected chi connectivity index (χ0v) is 18.0. The molecule has 0 aliphatic carbocycles. The van der Waals surface area contributed by atoms with E-state index in [4.69, 9.17) is 20.9 Å². The SMILES string of the molecule is CCOC(=O)/C(S/C(C#N)=C(/C#N)S/C(C(=O)OCC)=C(/N)CC)=C(\N)CC. The van der Waals surface area contributed by atoms with Crippen molar-refractivity contribution < 1.29 is 19.1 Å². The molecule has 0 rings (SSSR count). The van der Waals surface area contributed by atoms with Crippen LogP contribution in [0.2, 0.25) is 0 Å². The molecule has 0 aliphatic heterocycles. The summed E-state index contributed by atoms with van der Waals surface area (Å²) < 4.78 is 9.94. The lowest BCUT2D eigenvalue weighted by molar-refractivity contribution is -0.138. The number of carbonyl (C=O) groups is 2. The first-order valence-corrected chi connectivity index (χ1v) is 10.2. The predicted molar refractivity (Wildman–Crippen MR) is 110 cm³/mol. The van der Waals surface area contributed by atoms with E-state index in [2.05, 4.69) is 0 Å². The van der Waals surface area contributed by atoms with E-state index in [1.54, 1.807) is 27.7 Å². The molecule has 28 heavy (non-hydrogen) atoms. The van der Waals surface area contributed by atoms with Crippen molar-refractivity contribution in [2.45, 2.75) is 40.5 Å². The number of nitrogens with zero attached hydrogens (tertiary/aromatic N) is 2. The Morgan fingerprint density at radius 1 is 0.786 bits per heavy atom. The smallest absolute Gasteiger partial charge is 0.346 e. The predicted octanol–water partition coefficient (Wildman–Crippen LogP) is 3.00. The Morgan fingerprint density at radius 3 is 1.32 bits per heavy atom. The summed E-state index contributed by atoms with van der Waals surface area (Å²) in [6.07, 6.45) is 0.706. The molecule has 4 N–H and O–H groups in total. The molecular formula is C18H24N4O4S2. The van der Waals surface area contributed by atoms with Gasteiger partial charge in [-0.1, -0.05) is 37.4 Å². The van der Waals surface area contributed by atoms with Crippen LogP contribution in [0.15, 0.2) is 31.0 Å². The molecule has 0 aromatic rings. The van der Waals surface area contributed by atoms with Gasteiger partial charge in [-0.05, 0) is 26.7 Å². The fraction of sp³-hybridized carbons (Fsp3) is 0.444. The molecule has 0 radical (unpaired) electrons. The molecule has 0 saturated heterocycles. The Morgan fingerprint density at radius 2 is 1.11 bits per heavy atom. The summed E-state index contributed by atoms with van der Waals surface area (Å²) in [4.78, 5) is 24.2. The number of thioether (sulfide) groups is 2. The highest BCUT2D eigenvalue weighted by Crippen LogP contribution is 2.37. The van der Waals surface area contributed by atoms with Crippen molar-refractivity contribution in [1.29, 1.82) is 10.5 Å². The van der Waals surface area contributed by atoms with Gasteiger partial charge in [0.2, 0.25) is 0 Å². The molecule has 0 heterocycles. The van der Waals surface area contributed by atoms with E-state index in [1.165, 1.54) is 0 Å². The van der Waals surface area contributed by atoms with Crippen LogP contribution < -0.4 is 11.5 Å². The molecule has 0 aromatic heterocycles. The van der Waals surface area contributed by atoms with Gasteiger partial charge in [0.1, 0.15) is 31.8 Å². The summed E-state index contributed by atoms with van der Waals surface area (Å²) in [6.45, 7) is 7.04. The third-order valence-electron chi connectivity index (χ3n) is 3.08. The molecule has 0 atom stereocenters. The van der Waals surface area contributed by atoms with E-state index in [1.807, 2.05) is 12.1 Å². The summed E-state index contributed by atoms with van der Waals surface area (Å²) in [5.41, 5.74) is 12.2.